The second kappa shape index (κ2) is 6.37. The summed E-state index contributed by atoms with van der Waals surface area (Å²) in [6.45, 7) is 9.89. The molecule has 0 spiro atoms. The molecule has 0 aliphatic rings. The van der Waals surface area contributed by atoms with Gasteiger partial charge in [-0.25, -0.2) is 4.98 Å². The fraction of sp³-hybridized carbons (Fsp3) is 0.438. The highest BCUT2D eigenvalue weighted by atomic mass is 32.1. The highest BCUT2D eigenvalue weighted by molar-refractivity contribution is 7.09. The van der Waals surface area contributed by atoms with E-state index in [9.17, 15) is 0 Å². The van der Waals surface area contributed by atoms with Crippen molar-refractivity contribution in [2.24, 2.45) is 0 Å². The van der Waals surface area contributed by atoms with E-state index in [1.165, 1.54) is 10.4 Å². The SMILES string of the molecule is Cc1cc(CNC(C)(C)C)cc(OCc2cccs2)n1. The predicted molar refractivity (Wildman–Crippen MR) is 84.2 cm³/mol. The summed E-state index contributed by atoms with van der Waals surface area (Å²) in [5.74, 6) is 0.698. The molecule has 0 saturated heterocycles. The van der Waals surface area contributed by atoms with E-state index < -0.39 is 0 Å². The van der Waals surface area contributed by atoms with Crippen molar-refractivity contribution in [2.45, 2.75) is 46.4 Å². The maximum atomic E-state index is 5.78. The van der Waals surface area contributed by atoms with Crippen LogP contribution in [0.2, 0.25) is 0 Å². The summed E-state index contributed by atoms with van der Waals surface area (Å²) in [5, 5.41) is 5.54. The summed E-state index contributed by atoms with van der Waals surface area (Å²) in [6.07, 6.45) is 0. The molecule has 0 aliphatic heterocycles. The van der Waals surface area contributed by atoms with Gasteiger partial charge >= 0.3 is 0 Å². The third-order valence-electron chi connectivity index (χ3n) is 2.75. The predicted octanol–water partition coefficient (Wildman–Crippen LogP) is 3.92. The molecule has 2 rings (SSSR count). The van der Waals surface area contributed by atoms with Gasteiger partial charge in [-0.05, 0) is 50.8 Å². The number of aromatic nitrogens is 1. The molecule has 0 saturated carbocycles. The minimum Gasteiger partial charge on any atom is -0.472 e. The minimum atomic E-state index is 0.106. The zero-order chi connectivity index (χ0) is 14.6. The van der Waals surface area contributed by atoms with Crippen molar-refractivity contribution >= 4 is 11.3 Å². The van der Waals surface area contributed by atoms with Crippen LogP contribution in [0.25, 0.3) is 0 Å². The van der Waals surface area contributed by atoms with Gasteiger partial charge in [-0.3, -0.25) is 0 Å². The van der Waals surface area contributed by atoms with Gasteiger partial charge in [0.2, 0.25) is 5.88 Å². The van der Waals surface area contributed by atoms with Gasteiger partial charge in [0.05, 0.1) is 0 Å². The number of nitrogens with zero attached hydrogens (tertiary/aromatic N) is 1. The Labute approximate surface area is 125 Å². The van der Waals surface area contributed by atoms with Crippen molar-refractivity contribution in [2.75, 3.05) is 0 Å². The van der Waals surface area contributed by atoms with E-state index in [1.54, 1.807) is 11.3 Å². The molecule has 0 aliphatic carbocycles. The van der Waals surface area contributed by atoms with E-state index >= 15 is 0 Å². The molecule has 1 N–H and O–H groups in total. The standard InChI is InChI=1S/C16H22N2OS/c1-12-8-13(10-17-16(2,3)4)9-15(18-12)19-11-14-6-5-7-20-14/h5-9,17H,10-11H2,1-4H3. The normalized spacial score (nSPS) is 11.6. The number of pyridine rings is 1. The first-order valence-corrected chi connectivity index (χ1v) is 7.68. The molecule has 0 unspecified atom stereocenters. The first-order valence-electron chi connectivity index (χ1n) is 6.80. The van der Waals surface area contributed by atoms with E-state index in [0.717, 1.165) is 12.2 Å². The highest BCUT2D eigenvalue weighted by Crippen LogP contribution is 2.16. The van der Waals surface area contributed by atoms with Gasteiger partial charge in [0.25, 0.3) is 0 Å². The Hall–Kier alpha value is -1.39. The summed E-state index contributed by atoms with van der Waals surface area (Å²) in [5.41, 5.74) is 2.29. The van der Waals surface area contributed by atoms with Gasteiger partial charge in [-0.15, -0.1) is 11.3 Å². The van der Waals surface area contributed by atoms with Crippen LogP contribution in [0.5, 0.6) is 5.88 Å². The third kappa shape index (κ3) is 4.94. The Morgan fingerprint density at radius 3 is 2.75 bits per heavy atom. The van der Waals surface area contributed by atoms with Crippen LogP contribution in [-0.2, 0) is 13.2 Å². The van der Waals surface area contributed by atoms with Gasteiger partial charge in [0.1, 0.15) is 6.61 Å². The summed E-state index contributed by atoms with van der Waals surface area (Å²) in [7, 11) is 0. The Balaban J connectivity index is 2.00. The molecule has 3 nitrogen and oxygen atoms in total. The number of hydrogen-bond donors (Lipinski definition) is 1. The van der Waals surface area contributed by atoms with Gasteiger partial charge < -0.3 is 10.1 Å². The molecule has 0 atom stereocenters. The lowest BCUT2D eigenvalue weighted by Crippen LogP contribution is -2.35. The zero-order valence-electron chi connectivity index (χ0n) is 12.6. The van der Waals surface area contributed by atoms with Gasteiger partial charge in [-0.1, -0.05) is 6.07 Å². The third-order valence-corrected chi connectivity index (χ3v) is 3.60. The number of aryl methyl sites for hydroxylation is 1. The Kier molecular flexibility index (Phi) is 4.78. The summed E-state index contributed by atoms with van der Waals surface area (Å²) < 4.78 is 5.78. The fourth-order valence-electron chi connectivity index (χ4n) is 1.79. The van der Waals surface area contributed by atoms with Crippen LogP contribution < -0.4 is 10.1 Å². The molecular weight excluding hydrogens is 268 g/mol. The molecule has 0 amide bonds. The van der Waals surface area contributed by atoms with Crippen LogP contribution in [-0.4, -0.2) is 10.5 Å². The average molecular weight is 290 g/mol. The van der Waals surface area contributed by atoms with Crippen LogP contribution in [0.4, 0.5) is 0 Å². The first-order chi connectivity index (χ1) is 9.42. The van der Waals surface area contributed by atoms with Crippen LogP contribution in [0.1, 0.15) is 36.9 Å². The molecule has 2 aromatic rings. The highest BCUT2D eigenvalue weighted by Gasteiger charge is 2.09. The molecule has 0 bridgehead atoms. The van der Waals surface area contributed by atoms with E-state index in [-0.39, 0.29) is 5.54 Å². The molecule has 108 valence electrons. The molecule has 0 aromatic carbocycles. The van der Waals surface area contributed by atoms with Gasteiger partial charge in [0.15, 0.2) is 0 Å². The molecule has 2 aromatic heterocycles. The lowest BCUT2D eigenvalue weighted by atomic mass is 10.1. The summed E-state index contributed by atoms with van der Waals surface area (Å²) in [6, 6.07) is 8.21. The number of ether oxygens (including phenoxy) is 1. The van der Waals surface area contributed by atoms with Crippen LogP contribution >= 0.6 is 11.3 Å². The van der Waals surface area contributed by atoms with Crippen molar-refractivity contribution in [3.63, 3.8) is 0 Å². The van der Waals surface area contributed by atoms with Crippen LogP contribution in [0.15, 0.2) is 29.6 Å². The topological polar surface area (TPSA) is 34.1 Å². The van der Waals surface area contributed by atoms with Crippen molar-refractivity contribution < 1.29 is 4.74 Å². The van der Waals surface area contributed by atoms with E-state index in [4.69, 9.17) is 4.74 Å². The maximum absolute atomic E-state index is 5.78. The molecule has 0 fully saturated rings. The Morgan fingerprint density at radius 1 is 1.30 bits per heavy atom. The summed E-state index contributed by atoms with van der Waals surface area (Å²) >= 11 is 1.70. The van der Waals surface area contributed by atoms with E-state index in [1.807, 2.05) is 19.1 Å². The smallest absolute Gasteiger partial charge is 0.214 e. The second-order valence-electron chi connectivity index (χ2n) is 5.93. The van der Waals surface area contributed by atoms with Crippen molar-refractivity contribution in [3.05, 3.63) is 45.8 Å². The summed E-state index contributed by atoms with van der Waals surface area (Å²) in [4.78, 5) is 5.64. The monoisotopic (exact) mass is 290 g/mol. The number of rotatable bonds is 5. The van der Waals surface area contributed by atoms with Crippen LogP contribution in [0, 0.1) is 6.92 Å². The van der Waals surface area contributed by atoms with E-state index in [0.29, 0.717) is 12.5 Å². The Bertz CT molecular complexity index is 544. The molecule has 4 heteroatoms. The van der Waals surface area contributed by atoms with Gasteiger partial charge in [-0.2, -0.15) is 0 Å². The molecule has 20 heavy (non-hydrogen) atoms. The van der Waals surface area contributed by atoms with Crippen LogP contribution in [0.3, 0.4) is 0 Å². The van der Waals surface area contributed by atoms with Crippen molar-refractivity contribution in [3.8, 4) is 5.88 Å². The van der Waals surface area contributed by atoms with Crippen molar-refractivity contribution in [1.82, 2.24) is 10.3 Å². The quantitative estimate of drug-likeness (QED) is 0.906. The van der Waals surface area contributed by atoms with Crippen molar-refractivity contribution in [1.29, 1.82) is 0 Å². The largest absolute Gasteiger partial charge is 0.472 e. The van der Waals surface area contributed by atoms with E-state index in [2.05, 4.69) is 48.6 Å². The molecule has 0 radical (unpaired) electrons. The first kappa shape index (κ1) is 15.0. The number of thiophene rings is 1. The zero-order valence-corrected chi connectivity index (χ0v) is 13.4. The van der Waals surface area contributed by atoms with Gasteiger partial charge in [0, 0.05) is 28.7 Å². The maximum Gasteiger partial charge on any atom is 0.214 e. The lowest BCUT2D eigenvalue weighted by molar-refractivity contribution is 0.296. The fourth-order valence-corrected chi connectivity index (χ4v) is 2.41. The molecular formula is C16H22N2OS. The number of nitrogens with one attached hydrogen (secondary N) is 1. The average Bonchev–Trinajstić information content (AvgIpc) is 2.86. The molecule has 2 heterocycles. The lowest BCUT2D eigenvalue weighted by Gasteiger charge is -2.20. The second-order valence-corrected chi connectivity index (χ2v) is 6.96. The minimum absolute atomic E-state index is 0.106. The Morgan fingerprint density at radius 2 is 2.10 bits per heavy atom. The number of hydrogen-bond acceptors (Lipinski definition) is 4.